The lowest BCUT2D eigenvalue weighted by molar-refractivity contribution is -0.384. The van der Waals surface area contributed by atoms with E-state index in [0.717, 1.165) is 15.6 Å². The summed E-state index contributed by atoms with van der Waals surface area (Å²) in [5, 5.41) is 13.9. The fraction of sp³-hybridized carbons (Fsp3) is 0.222. The van der Waals surface area contributed by atoms with Gasteiger partial charge in [-0.2, -0.15) is 4.31 Å². The Morgan fingerprint density at radius 3 is 2.63 bits per heavy atom. The molecule has 27 heavy (non-hydrogen) atoms. The SMILES string of the molecule is O=[N+]([O-])c1ccc(S(=O)(=O)N2CCO[C@H](c3csc4ccccc34)C2)cc1. The first kappa shape index (κ1) is 18.1. The Balaban J connectivity index is 1.61. The van der Waals surface area contributed by atoms with Crippen LogP contribution in [0.4, 0.5) is 5.69 Å². The maximum atomic E-state index is 13.0. The Morgan fingerprint density at radius 1 is 1.15 bits per heavy atom. The zero-order chi connectivity index (χ0) is 19.0. The van der Waals surface area contributed by atoms with Crippen LogP contribution in [0.1, 0.15) is 11.7 Å². The quantitative estimate of drug-likeness (QED) is 0.490. The molecule has 1 atom stereocenters. The Morgan fingerprint density at radius 2 is 1.89 bits per heavy atom. The molecule has 0 bridgehead atoms. The van der Waals surface area contributed by atoms with Gasteiger partial charge in [-0.1, -0.05) is 18.2 Å². The van der Waals surface area contributed by atoms with Crippen molar-refractivity contribution in [2.45, 2.75) is 11.0 Å². The number of non-ortho nitro benzene ring substituents is 1. The topological polar surface area (TPSA) is 89.8 Å². The second kappa shape index (κ2) is 7.01. The molecule has 1 aliphatic heterocycles. The predicted octanol–water partition coefficient (Wildman–Crippen LogP) is 3.57. The van der Waals surface area contributed by atoms with Gasteiger partial charge < -0.3 is 4.74 Å². The van der Waals surface area contributed by atoms with Gasteiger partial charge in [0, 0.05) is 35.5 Å². The van der Waals surface area contributed by atoms with Gasteiger partial charge in [0.1, 0.15) is 0 Å². The number of fused-ring (bicyclic) bond motifs is 1. The molecule has 3 aromatic rings. The van der Waals surface area contributed by atoms with E-state index >= 15 is 0 Å². The molecule has 140 valence electrons. The van der Waals surface area contributed by atoms with E-state index in [0.29, 0.717) is 6.61 Å². The lowest BCUT2D eigenvalue weighted by Crippen LogP contribution is -2.42. The standard InChI is InChI=1S/C18H16N2O5S2/c21-20(22)13-5-7-14(8-6-13)27(23,24)19-9-10-25-17(11-19)16-12-26-18-4-2-1-3-15(16)18/h1-8,12,17H,9-11H2/t17-/m0/s1. The first-order valence-corrected chi connectivity index (χ1v) is 10.6. The molecule has 1 aliphatic rings. The van der Waals surface area contributed by atoms with Crippen LogP contribution in [0.15, 0.2) is 58.8 Å². The lowest BCUT2D eigenvalue weighted by atomic mass is 10.1. The largest absolute Gasteiger partial charge is 0.371 e. The van der Waals surface area contributed by atoms with Gasteiger partial charge in [0.25, 0.3) is 5.69 Å². The molecule has 1 saturated heterocycles. The van der Waals surface area contributed by atoms with Crippen LogP contribution < -0.4 is 0 Å². The van der Waals surface area contributed by atoms with E-state index in [-0.39, 0.29) is 29.8 Å². The molecule has 7 nitrogen and oxygen atoms in total. The summed E-state index contributed by atoms with van der Waals surface area (Å²) in [6.45, 7) is 0.749. The Labute approximate surface area is 160 Å². The Bertz CT molecular complexity index is 1090. The van der Waals surface area contributed by atoms with Gasteiger partial charge in [-0.25, -0.2) is 8.42 Å². The van der Waals surface area contributed by atoms with Gasteiger partial charge >= 0.3 is 0 Å². The maximum Gasteiger partial charge on any atom is 0.269 e. The minimum Gasteiger partial charge on any atom is -0.371 e. The third-order valence-electron chi connectivity index (χ3n) is 4.57. The Hall–Kier alpha value is -2.33. The average Bonchev–Trinajstić information content (AvgIpc) is 3.12. The summed E-state index contributed by atoms with van der Waals surface area (Å²) >= 11 is 1.61. The van der Waals surface area contributed by atoms with Crippen LogP contribution in [0.25, 0.3) is 10.1 Å². The highest BCUT2D eigenvalue weighted by molar-refractivity contribution is 7.89. The van der Waals surface area contributed by atoms with E-state index in [2.05, 4.69) is 0 Å². The number of nitro benzene ring substituents is 1. The Kier molecular flexibility index (Phi) is 4.68. The van der Waals surface area contributed by atoms with E-state index in [9.17, 15) is 18.5 Å². The van der Waals surface area contributed by atoms with Gasteiger partial charge in [0.05, 0.1) is 22.5 Å². The summed E-state index contributed by atoms with van der Waals surface area (Å²) in [5.74, 6) is 0. The van der Waals surface area contributed by atoms with E-state index in [1.54, 1.807) is 11.3 Å². The number of rotatable bonds is 4. The van der Waals surface area contributed by atoms with Crippen LogP contribution in [0.2, 0.25) is 0 Å². The lowest BCUT2D eigenvalue weighted by Gasteiger charge is -2.32. The number of sulfonamides is 1. The second-order valence-corrected chi connectivity index (χ2v) is 9.01. The normalized spacial score (nSPS) is 18.6. The molecule has 0 radical (unpaired) electrons. The average molecular weight is 404 g/mol. The third kappa shape index (κ3) is 3.34. The molecule has 0 spiro atoms. The van der Waals surface area contributed by atoms with E-state index in [1.165, 1.54) is 28.6 Å². The van der Waals surface area contributed by atoms with E-state index < -0.39 is 14.9 Å². The van der Waals surface area contributed by atoms with Crippen molar-refractivity contribution in [2.75, 3.05) is 19.7 Å². The van der Waals surface area contributed by atoms with Crippen LogP contribution in [0.5, 0.6) is 0 Å². The van der Waals surface area contributed by atoms with Crippen LogP contribution in [-0.4, -0.2) is 37.3 Å². The van der Waals surface area contributed by atoms with Crippen molar-refractivity contribution in [2.24, 2.45) is 0 Å². The summed E-state index contributed by atoms with van der Waals surface area (Å²) in [6.07, 6.45) is -0.345. The fourth-order valence-corrected chi connectivity index (χ4v) is 5.60. The van der Waals surface area contributed by atoms with Crippen LogP contribution >= 0.6 is 11.3 Å². The smallest absolute Gasteiger partial charge is 0.269 e. The van der Waals surface area contributed by atoms with Crippen LogP contribution in [0, 0.1) is 10.1 Å². The van der Waals surface area contributed by atoms with Crippen molar-refractivity contribution in [1.29, 1.82) is 0 Å². The second-order valence-electron chi connectivity index (χ2n) is 6.16. The number of benzene rings is 2. The molecule has 4 rings (SSSR count). The van der Waals surface area contributed by atoms with E-state index in [1.807, 2.05) is 29.6 Å². The van der Waals surface area contributed by atoms with Crippen molar-refractivity contribution in [3.63, 3.8) is 0 Å². The monoisotopic (exact) mass is 404 g/mol. The molecule has 2 aromatic carbocycles. The molecule has 1 fully saturated rings. The number of nitro groups is 1. The first-order valence-electron chi connectivity index (χ1n) is 8.29. The molecule has 1 aromatic heterocycles. The molecule has 0 saturated carbocycles. The molecular formula is C18H16N2O5S2. The number of hydrogen-bond acceptors (Lipinski definition) is 6. The zero-order valence-electron chi connectivity index (χ0n) is 14.1. The van der Waals surface area contributed by atoms with Crippen molar-refractivity contribution >= 4 is 37.1 Å². The van der Waals surface area contributed by atoms with Crippen LogP contribution in [0.3, 0.4) is 0 Å². The van der Waals surface area contributed by atoms with Gasteiger partial charge in [0.2, 0.25) is 10.0 Å². The molecule has 9 heteroatoms. The van der Waals surface area contributed by atoms with Gasteiger partial charge in [-0.3, -0.25) is 10.1 Å². The van der Waals surface area contributed by atoms with Gasteiger partial charge in [-0.15, -0.1) is 11.3 Å². The van der Waals surface area contributed by atoms with Gasteiger partial charge in [0.15, 0.2) is 0 Å². The molecule has 0 aliphatic carbocycles. The molecule has 0 unspecified atom stereocenters. The van der Waals surface area contributed by atoms with Crippen molar-refractivity contribution in [1.82, 2.24) is 4.31 Å². The number of ether oxygens (including phenoxy) is 1. The number of thiophene rings is 1. The highest BCUT2D eigenvalue weighted by Gasteiger charge is 2.32. The summed E-state index contributed by atoms with van der Waals surface area (Å²) in [5.41, 5.74) is 0.845. The minimum absolute atomic E-state index is 0.0453. The van der Waals surface area contributed by atoms with Gasteiger partial charge in [-0.05, 0) is 29.0 Å². The number of nitrogens with zero attached hydrogens (tertiary/aromatic N) is 2. The fourth-order valence-electron chi connectivity index (χ4n) is 3.17. The number of hydrogen-bond donors (Lipinski definition) is 0. The van der Waals surface area contributed by atoms with Crippen molar-refractivity contribution in [3.05, 3.63) is 69.6 Å². The predicted molar refractivity (Wildman–Crippen MR) is 102 cm³/mol. The molecule has 2 heterocycles. The summed E-state index contributed by atoms with van der Waals surface area (Å²) < 4.78 is 34.3. The minimum atomic E-state index is -3.75. The zero-order valence-corrected chi connectivity index (χ0v) is 15.8. The van der Waals surface area contributed by atoms with Crippen molar-refractivity contribution in [3.8, 4) is 0 Å². The van der Waals surface area contributed by atoms with E-state index in [4.69, 9.17) is 4.74 Å². The highest BCUT2D eigenvalue weighted by Crippen LogP contribution is 2.34. The molecule has 0 amide bonds. The highest BCUT2D eigenvalue weighted by atomic mass is 32.2. The summed E-state index contributed by atoms with van der Waals surface area (Å²) in [4.78, 5) is 10.3. The third-order valence-corrected chi connectivity index (χ3v) is 7.43. The molecule has 0 N–H and O–H groups in total. The maximum absolute atomic E-state index is 13.0. The van der Waals surface area contributed by atoms with Crippen LogP contribution in [-0.2, 0) is 14.8 Å². The summed E-state index contributed by atoms with van der Waals surface area (Å²) in [7, 11) is -3.75. The number of morpholine rings is 1. The summed E-state index contributed by atoms with van der Waals surface area (Å²) in [6, 6.07) is 12.9. The van der Waals surface area contributed by atoms with Crippen molar-refractivity contribution < 1.29 is 18.1 Å². The molecular weight excluding hydrogens is 388 g/mol. The first-order chi connectivity index (χ1) is 13.0.